The zero-order valence-corrected chi connectivity index (χ0v) is 11.7. The van der Waals surface area contributed by atoms with Gasteiger partial charge < -0.3 is 10.2 Å². The van der Waals surface area contributed by atoms with Crippen molar-refractivity contribution in [2.75, 3.05) is 5.73 Å². The second-order valence-electron chi connectivity index (χ2n) is 5.23. The van der Waals surface area contributed by atoms with E-state index in [1.54, 1.807) is 6.07 Å². The predicted molar refractivity (Wildman–Crippen MR) is 81.0 cm³/mol. The Morgan fingerprint density at radius 3 is 2.71 bits per heavy atom. The Hall–Kier alpha value is -2.87. The summed E-state index contributed by atoms with van der Waals surface area (Å²) in [6.45, 7) is 4.11. The number of pyridine rings is 1. The average Bonchev–Trinajstić information content (AvgIpc) is 2.46. The first-order chi connectivity index (χ1) is 10.0. The molecule has 0 atom stereocenters. The number of aromatic nitrogens is 1. The second kappa shape index (κ2) is 4.60. The summed E-state index contributed by atoms with van der Waals surface area (Å²) in [7, 11) is 0. The third-order valence-electron chi connectivity index (χ3n) is 3.50. The quantitative estimate of drug-likeness (QED) is 0.691. The van der Waals surface area contributed by atoms with Gasteiger partial charge in [0.15, 0.2) is 0 Å². The summed E-state index contributed by atoms with van der Waals surface area (Å²) in [6, 6.07) is 8.88. The number of fused-ring (bicyclic) bond motifs is 2. The highest BCUT2D eigenvalue weighted by Crippen LogP contribution is 2.23. The lowest BCUT2D eigenvalue weighted by Gasteiger charge is -2.07. The van der Waals surface area contributed by atoms with Gasteiger partial charge in [-0.15, -0.1) is 0 Å². The number of nitrogens with zero attached hydrogens (tertiary/aromatic N) is 2. The molecule has 0 spiro atoms. The summed E-state index contributed by atoms with van der Waals surface area (Å²) in [5.74, 6) is 0.370. The molecule has 0 radical (unpaired) electrons. The fraction of sp³-hybridized carbons (Fsp3) is 0.188. The number of nitrogens with two attached hydrogens (primary N) is 1. The van der Waals surface area contributed by atoms with Crippen LogP contribution in [0.5, 0.6) is 0 Å². The Morgan fingerprint density at radius 2 is 2.05 bits per heavy atom. The van der Waals surface area contributed by atoms with Gasteiger partial charge in [0.1, 0.15) is 17.5 Å². The van der Waals surface area contributed by atoms with E-state index in [-0.39, 0.29) is 27.9 Å². The topological polar surface area (TPSA) is 92.9 Å². The Balaban J connectivity index is 2.45. The number of nitrogen functional groups attached to an aromatic ring is 1. The summed E-state index contributed by atoms with van der Waals surface area (Å²) < 4.78 is 5.64. The van der Waals surface area contributed by atoms with Crippen LogP contribution in [0.1, 0.15) is 30.9 Å². The van der Waals surface area contributed by atoms with Gasteiger partial charge in [-0.2, -0.15) is 10.2 Å². The van der Waals surface area contributed by atoms with Crippen molar-refractivity contribution in [1.82, 2.24) is 4.98 Å². The summed E-state index contributed by atoms with van der Waals surface area (Å²) in [5, 5.41) is 9.76. The van der Waals surface area contributed by atoms with Crippen molar-refractivity contribution in [3.63, 3.8) is 0 Å². The van der Waals surface area contributed by atoms with Crippen molar-refractivity contribution in [3.8, 4) is 6.07 Å². The minimum atomic E-state index is -0.197. The Morgan fingerprint density at radius 1 is 1.29 bits per heavy atom. The fourth-order valence-corrected chi connectivity index (χ4v) is 2.26. The molecule has 104 valence electrons. The number of hydrogen-bond acceptors (Lipinski definition) is 5. The molecule has 0 fully saturated rings. The van der Waals surface area contributed by atoms with Crippen LogP contribution in [-0.2, 0) is 0 Å². The van der Waals surface area contributed by atoms with E-state index >= 15 is 0 Å². The molecule has 5 heteroatoms. The van der Waals surface area contributed by atoms with Crippen molar-refractivity contribution in [3.05, 3.63) is 45.6 Å². The molecule has 2 heterocycles. The molecule has 2 N–H and O–H groups in total. The third-order valence-corrected chi connectivity index (χ3v) is 3.50. The number of hydrogen-bond donors (Lipinski definition) is 1. The van der Waals surface area contributed by atoms with Crippen molar-refractivity contribution in [2.45, 2.75) is 19.8 Å². The van der Waals surface area contributed by atoms with E-state index in [2.05, 4.69) is 18.8 Å². The summed E-state index contributed by atoms with van der Waals surface area (Å²) >= 11 is 0. The van der Waals surface area contributed by atoms with E-state index in [0.29, 0.717) is 16.9 Å². The molecule has 0 aliphatic heterocycles. The lowest BCUT2D eigenvalue weighted by molar-refractivity contribution is 0.645. The van der Waals surface area contributed by atoms with Gasteiger partial charge in [0.05, 0.1) is 16.3 Å². The minimum absolute atomic E-state index is 0.0614. The maximum absolute atomic E-state index is 12.6. The standard InChI is InChI=1S/C16H13N3O2/c1-8(2)9-3-4-13-11(5-9)14(20)12-6-10(7-17)15(18)19-16(12)21-13/h3-6,8H,1-2H3,(H2,18,19). The maximum Gasteiger partial charge on any atom is 0.232 e. The number of rotatable bonds is 1. The number of benzene rings is 1. The maximum atomic E-state index is 12.6. The number of nitriles is 1. The molecule has 0 saturated carbocycles. The molecule has 0 aliphatic rings. The van der Waals surface area contributed by atoms with E-state index in [0.717, 1.165) is 5.56 Å². The van der Waals surface area contributed by atoms with Crippen molar-refractivity contribution < 1.29 is 4.42 Å². The van der Waals surface area contributed by atoms with Crippen LogP contribution in [-0.4, -0.2) is 4.98 Å². The zero-order valence-electron chi connectivity index (χ0n) is 11.7. The van der Waals surface area contributed by atoms with E-state index < -0.39 is 0 Å². The highest BCUT2D eigenvalue weighted by molar-refractivity contribution is 5.89. The predicted octanol–water partition coefficient (Wildman–Crippen LogP) is 2.92. The van der Waals surface area contributed by atoms with E-state index in [4.69, 9.17) is 15.4 Å². The molecule has 1 aromatic carbocycles. The fourth-order valence-electron chi connectivity index (χ4n) is 2.26. The molecule has 0 unspecified atom stereocenters. The molecule has 3 rings (SSSR count). The number of anilines is 1. The molecule has 0 saturated heterocycles. The first-order valence-electron chi connectivity index (χ1n) is 6.58. The van der Waals surface area contributed by atoms with Gasteiger partial charge in [0.25, 0.3) is 0 Å². The van der Waals surface area contributed by atoms with Crippen LogP contribution in [0.4, 0.5) is 5.82 Å². The molecule has 0 bridgehead atoms. The van der Waals surface area contributed by atoms with Gasteiger partial charge in [-0.1, -0.05) is 19.9 Å². The average molecular weight is 279 g/mol. The molecule has 2 aromatic heterocycles. The third kappa shape index (κ3) is 2.01. The summed E-state index contributed by atoms with van der Waals surface area (Å²) in [6.07, 6.45) is 0. The summed E-state index contributed by atoms with van der Waals surface area (Å²) in [5.41, 5.74) is 7.31. The van der Waals surface area contributed by atoms with Crippen LogP contribution in [0.25, 0.3) is 22.1 Å². The second-order valence-corrected chi connectivity index (χ2v) is 5.23. The van der Waals surface area contributed by atoms with Crippen molar-refractivity contribution in [2.24, 2.45) is 0 Å². The lowest BCUT2D eigenvalue weighted by Crippen LogP contribution is -2.06. The van der Waals surface area contributed by atoms with E-state index in [9.17, 15) is 4.79 Å². The van der Waals surface area contributed by atoms with Crippen molar-refractivity contribution in [1.29, 1.82) is 5.26 Å². The van der Waals surface area contributed by atoms with Crippen LogP contribution in [0.3, 0.4) is 0 Å². The Labute approximate surface area is 120 Å². The molecule has 21 heavy (non-hydrogen) atoms. The molecule has 0 aliphatic carbocycles. The van der Waals surface area contributed by atoms with E-state index in [1.165, 1.54) is 6.07 Å². The van der Waals surface area contributed by atoms with Gasteiger partial charge in [-0.05, 0) is 29.7 Å². The minimum Gasteiger partial charge on any atom is -0.437 e. The first kappa shape index (κ1) is 13.1. The van der Waals surface area contributed by atoms with Gasteiger partial charge in [-0.3, -0.25) is 4.79 Å². The molecule has 0 amide bonds. The van der Waals surface area contributed by atoms with Crippen LogP contribution >= 0.6 is 0 Å². The van der Waals surface area contributed by atoms with Gasteiger partial charge in [-0.25, -0.2) is 0 Å². The van der Waals surface area contributed by atoms with Crippen LogP contribution in [0.2, 0.25) is 0 Å². The highest BCUT2D eigenvalue weighted by Gasteiger charge is 2.13. The largest absolute Gasteiger partial charge is 0.437 e. The van der Waals surface area contributed by atoms with Crippen LogP contribution in [0.15, 0.2) is 33.5 Å². The normalized spacial score (nSPS) is 11.1. The Kier molecular flexibility index (Phi) is 2.88. The molecule has 5 nitrogen and oxygen atoms in total. The monoisotopic (exact) mass is 279 g/mol. The smallest absolute Gasteiger partial charge is 0.232 e. The first-order valence-corrected chi connectivity index (χ1v) is 6.58. The highest BCUT2D eigenvalue weighted by atomic mass is 16.3. The summed E-state index contributed by atoms with van der Waals surface area (Å²) in [4.78, 5) is 16.6. The SMILES string of the molecule is CC(C)c1ccc2oc3nc(N)c(C#N)cc3c(=O)c2c1. The molecule has 3 aromatic rings. The molecular weight excluding hydrogens is 266 g/mol. The lowest BCUT2D eigenvalue weighted by atomic mass is 10.0. The van der Waals surface area contributed by atoms with Crippen LogP contribution in [0, 0.1) is 11.3 Å². The van der Waals surface area contributed by atoms with Crippen molar-refractivity contribution >= 4 is 27.9 Å². The zero-order chi connectivity index (χ0) is 15.1. The van der Waals surface area contributed by atoms with Gasteiger partial charge >= 0.3 is 0 Å². The van der Waals surface area contributed by atoms with Crippen LogP contribution < -0.4 is 11.2 Å². The van der Waals surface area contributed by atoms with Gasteiger partial charge in [0, 0.05) is 0 Å². The molecular formula is C16H13N3O2. The Bertz CT molecular complexity index is 965. The van der Waals surface area contributed by atoms with Gasteiger partial charge in [0.2, 0.25) is 11.1 Å². The van der Waals surface area contributed by atoms with E-state index in [1.807, 2.05) is 18.2 Å².